The van der Waals surface area contributed by atoms with Crippen molar-refractivity contribution >= 4 is 28.9 Å². The number of rotatable bonds is 5. The molecule has 0 bridgehead atoms. The molecule has 0 aliphatic heterocycles. The number of allylic oxidation sites excluding steroid dienone is 1. The van der Waals surface area contributed by atoms with Crippen LogP contribution in [0, 0.1) is 17.0 Å². The number of ketones is 1. The van der Waals surface area contributed by atoms with E-state index in [-0.39, 0.29) is 11.5 Å². The summed E-state index contributed by atoms with van der Waals surface area (Å²) < 4.78 is 5.15. The van der Waals surface area contributed by atoms with Crippen molar-refractivity contribution in [1.29, 1.82) is 0 Å². The zero-order valence-electron chi connectivity index (χ0n) is 12.6. The molecule has 0 aliphatic rings. The minimum atomic E-state index is -0.479. The van der Waals surface area contributed by atoms with Crippen LogP contribution in [0.4, 0.5) is 5.69 Å². The summed E-state index contributed by atoms with van der Waals surface area (Å²) >= 11 is 1.53. The topological polar surface area (TPSA) is 86.2 Å². The van der Waals surface area contributed by atoms with E-state index in [2.05, 4.69) is 5.16 Å². The summed E-state index contributed by atoms with van der Waals surface area (Å²) in [5.74, 6) is 0.180. The van der Waals surface area contributed by atoms with Crippen molar-refractivity contribution in [3.05, 3.63) is 74.2 Å². The van der Waals surface area contributed by atoms with Gasteiger partial charge in [0.05, 0.1) is 10.5 Å². The molecule has 7 heteroatoms. The molecule has 6 nitrogen and oxygen atoms in total. The molecule has 0 saturated heterocycles. The number of aryl methyl sites for hydroxylation is 1. The molecular formula is C17H12N2O4S. The maximum atomic E-state index is 12.5. The van der Waals surface area contributed by atoms with Gasteiger partial charge < -0.3 is 4.52 Å². The highest BCUT2D eigenvalue weighted by Crippen LogP contribution is 2.27. The van der Waals surface area contributed by atoms with Gasteiger partial charge in [0.1, 0.15) is 11.5 Å². The van der Waals surface area contributed by atoms with Gasteiger partial charge in [-0.1, -0.05) is 11.2 Å². The molecule has 0 amide bonds. The number of non-ortho nitro benzene ring substituents is 1. The van der Waals surface area contributed by atoms with Crippen LogP contribution in [-0.2, 0) is 0 Å². The Balaban J connectivity index is 1.93. The van der Waals surface area contributed by atoms with Crippen LogP contribution in [0.5, 0.6) is 0 Å². The van der Waals surface area contributed by atoms with Crippen molar-refractivity contribution in [1.82, 2.24) is 5.16 Å². The van der Waals surface area contributed by atoms with Crippen LogP contribution >= 0.6 is 11.3 Å². The highest BCUT2D eigenvalue weighted by molar-refractivity contribution is 7.10. The van der Waals surface area contributed by atoms with Crippen LogP contribution in [0.3, 0.4) is 0 Å². The first-order valence-corrected chi connectivity index (χ1v) is 7.91. The summed E-state index contributed by atoms with van der Waals surface area (Å²) in [4.78, 5) is 23.7. The molecule has 0 radical (unpaired) electrons. The molecule has 0 unspecified atom stereocenters. The van der Waals surface area contributed by atoms with Gasteiger partial charge in [0, 0.05) is 22.6 Å². The number of nitro benzene ring substituents is 1. The number of nitro groups is 1. The van der Waals surface area contributed by atoms with E-state index in [9.17, 15) is 14.9 Å². The molecule has 0 spiro atoms. The summed E-state index contributed by atoms with van der Waals surface area (Å²) in [7, 11) is 0. The highest BCUT2D eigenvalue weighted by Gasteiger charge is 2.20. The van der Waals surface area contributed by atoms with Crippen molar-refractivity contribution in [2.24, 2.45) is 0 Å². The molecule has 3 aromatic rings. The molecule has 0 aliphatic carbocycles. The van der Waals surface area contributed by atoms with Gasteiger partial charge in [-0.05, 0) is 42.7 Å². The number of nitrogens with zero attached hydrogens (tertiary/aromatic N) is 2. The maximum Gasteiger partial charge on any atom is 0.269 e. The lowest BCUT2D eigenvalue weighted by molar-refractivity contribution is -0.384. The maximum absolute atomic E-state index is 12.5. The summed E-state index contributed by atoms with van der Waals surface area (Å²) in [6.45, 7) is 1.66. The molecule has 24 heavy (non-hydrogen) atoms. The van der Waals surface area contributed by atoms with Crippen LogP contribution in [0.25, 0.3) is 17.3 Å². The second-order valence-corrected chi connectivity index (χ2v) is 5.96. The van der Waals surface area contributed by atoms with E-state index < -0.39 is 4.92 Å². The predicted molar refractivity (Wildman–Crippen MR) is 91.0 cm³/mol. The summed E-state index contributed by atoms with van der Waals surface area (Å²) in [5, 5.41) is 16.6. The summed E-state index contributed by atoms with van der Waals surface area (Å²) in [6.07, 6.45) is 3.21. The number of benzene rings is 1. The second-order valence-electron chi connectivity index (χ2n) is 4.98. The van der Waals surface area contributed by atoms with E-state index in [1.807, 2.05) is 17.5 Å². The average molecular weight is 340 g/mol. The number of carbonyl (C=O) groups is 1. The smallest absolute Gasteiger partial charge is 0.269 e. The molecule has 0 atom stereocenters. The quantitative estimate of drug-likeness (QED) is 0.295. The Morgan fingerprint density at radius 1 is 1.29 bits per heavy atom. The molecular weight excluding hydrogens is 328 g/mol. The van der Waals surface area contributed by atoms with E-state index in [4.69, 9.17) is 4.52 Å². The zero-order chi connectivity index (χ0) is 17.1. The van der Waals surface area contributed by atoms with Gasteiger partial charge in [-0.3, -0.25) is 14.9 Å². The Morgan fingerprint density at radius 3 is 2.67 bits per heavy atom. The van der Waals surface area contributed by atoms with Gasteiger partial charge in [-0.2, -0.15) is 0 Å². The second kappa shape index (κ2) is 6.59. The highest BCUT2D eigenvalue weighted by atomic mass is 32.1. The van der Waals surface area contributed by atoms with Gasteiger partial charge in [-0.15, -0.1) is 11.3 Å². The lowest BCUT2D eigenvalue weighted by Gasteiger charge is -1.99. The Bertz CT molecular complexity index is 909. The first-order chi connectivity index (χ1) is 11.6. The fraction of sp³-hybridized carbons (Fsp3) is 0.0588. The summed E-state index contributed by atoms with van der Waals surface area (Å²) in [5.41, 5.74) is 1.30. The SMILES string of the molecule is Cc1onc(-c2ccc([N+](=O)[O-])cc2)c1C(=O)/C=C/c1cccs1. The monoisotopic (exact) mass is 340 g/mol. The lowest BCUT2D eigenvalue weighted by atomic mass is 10.0. The van der Waals surface area contributed by atoms with E-state index >= 15 is 0 Å². The van der Waals surface area contributed by atoms with Crippen molar-refractivity contribution in [3.8, 4) is 11.3 Å². The molecule has 0 N–H and O–H groups in total. The average Bonchev–Trinajstić information content (AvgIpc) is 3.22. The number of aromatic nitrogens is 1. The number of hydrogen-bond acceptors (Lipinski definition) is 6. The molecule has 2 aromatic heterocycles. The normalized spacial score (nSPS) is 11.0. The number of thiophene rings is 1. The molecule has 120 valence electrons. The third kappa shape index (κ3) is 3.16. The zero-order valence-corrected chi connectivity index (χ0v) is 13.4. The fourth-order valence-corrected chi connectivity index (χ4v) is 2.85. The molecule has 3 rings (SSSR count). The Hall–Kier alpha value is -3.06. The van der Waals surface area contributed by atoms with E-state index in [1.54, 1.807) is 25.1 Å². The number of hydrogen-bond donors (Lipinski definition) is 0. The van der Waals surface area contributed by atoms with E-state index in [1.165, 1.54) is 29.5 Å². The van der Waals surface area contributed by atoms with Crippen molar-refractivity contribution in [2.45, 2.75) is 6.92 Å². The van der Waals surface area contributed by atoms with Crippen LogP contribution in [0.15, 0.2) is 52.4 Å². The first kappa shape index (κ1) is 15.8. The van der Waals surface area contributed by atoms with Crippen LogP contribution in [-0.4, -0.2) is 15.9 Å². The molecule has 0 saturated carbocycles. The van der Waals surface area contributed by atoms with Crippen molar-refractivity contribution < 1.29 is 14.2 Å². The van der Waals surface area contributed by atoms with Crippen molar-refractivity contribution in [2.75, 3.05) is 0 Å². The van der Waals surface area contributed by atoms with Gasteiger partial charge in [0.25, 0.3) is 5.69 Å². The minimum absolute atomic E-state index is 0.0237. The summed E-state index contributed by atoms with van der Waals surface area (Å²) in [6, 6.07) is 9.66. The van der Waals surface area contributed by atoms with Crippen LogP contribution in [0.1, 0.15) is 21.0 Å². The Kier molecular flexibility index (Phi) is 4.35. The number of carbonyl (C=O) groups excluding carboxylic acids is 1. The predicted octanol–water partition coefficient (Wildman–Crippen LogP) is 4.52. The largest absolute Gasteiger partial charge is 0.360 e. The third-order valence-electron chi connectivity index (χ3n) is 3.40. The standard InChI is InChI=1S/C17H12N2O4S/c1-11-16(15(20)9-8-14-3-2-10-24-14)17(18-23-11)12-4-6-13(7-5-12)19(21)22/h2-10H,1H3/b9-8+. The van der Waals surface area contributed by atoms with Crippen LogP contribution < -0.4 is 0 Å². The Labute approximate surface area is 141 Å². The van der Waals surface area contributed by atoms with E-state index in [0.717, 1.165) is 4.88 Å². The van der Waals surface area contributed by atoms with E-state index in [0.29, 0.717) is 22.6 Å². The third-order valence-corrected chi connectivity index (χ3v) is 4.24. The van der Waals surface area contributed by atoms with Gasteiger partial charge in [0.2, 0.25) is 0 Å². The molecule has 2 heterocycles. The minimum Gasteiger partial charge on any atom is -0.360 e. The fourth-order valence-electron chi connectivity index (χ4n) is 2.23. The van der Waals surface area contributed by atoms with Crippen LogP contribution in [0.2, 0.25) is 0 Å². The van der Waals surface area contributed by atoms with Gasteiger partial charge in [-0.25, -0.2) is 0 Å². The first-order valence-electron chi connectivity index (χ1n) is 7.03. The van der Waals surface area contributed by atoms with Crippen molar-refractivity contribution in [3.63, 3.8) is 0 Å². The molecule has 0 fully saturated rings. The van der Waals surface area contributed by atoms with Gasteiger partial charge in [0.15, 0.2) is 5.78 Å². The lowest BCUT2D eigenvalue weighted by Crippen LogP contribution is -1.98. The Morgan fingerprint density at radius 2 is 2.04 bits per heavy atom. The molecule has 1 aromatic carbocycles. The van der Waals surface area contributed by atoms with Gasteiger partial charge >= 0.3 is 0 Å².